The van der Waals surface area contributed by atoms with E-state index in [1.54, 1.807) is 0 Å². The van der Waals surface area contributed by atoms with Crippen LogP contribution in [-0.4, -0.2) is 22.6 Å². The number of hydrogen-bond acceptors (Lipinski definition) is 5. The van der Waals surface area contributed by atoms with Gasteiger partial charge in [-0.1, -0.05) is 24.2 Å². The van der Waals surface area contributed by atoms with Gasteiger partial charge < -0.3 is 15.2 Å². The van der Waals surface area contributed by atoms with Crippen molar-refractivity contribution in [2.24, 2.45) is 0 Å². The Labute approximate surface area is 152 Å². The van der Waals surface area contributed by atoms with Gasteiger partial charge >= 0.3 is 0 Å². The number of benzene rings is 1. The van der Waals surface area contributed by atoms with Crippen molar-refractivity contribution in [2.45, 2.75) is 39.2 Å². The summed E-state index contributed by atoms with van der Waals surface area (Å²) in [5.74, 6) is 0.269. The third-order valence-corrected chi connectivity index (χ3v) is 4.64. The number of nitrogens with zero attached hydrogens (tertiary/aromatic N) is 2. The summed E-state index contributed by atoms with van der Waals surface area (Å²) < 4.78 is 5.32. The molecule has 0 unspecified atom stereocenters. The van der Waals surface area contributed by atoms with Crippen LogP contribution in [0.2, 0.25) is 0 Å². The van der Waals surface area contributed by atoms with Gasteiger partial charge in [-0.3, -0.25) is 4.79 Å². The molecule has 1 saturated carbocycles. The topological polar surface area (TPSA) is 80.0 Å². The largest absolute Gasteiger partial charge is 0.336 e. The zero-order valence-electron chi connectivity index (χ0n) is 15.0. The number of nitrogens with one attached hydrogen (secondary N) is 2. The lowest BCUT2D eigenvalue weighted by Gasteiger charge is -2.09. The van der Waals surface area contributed by atoms with Gasteiger partial charge in [-0.05, 0) is 50.1 Å². The molecule has 1 aromatic carbocycles. The Bertz CT molecular complexity index is 960. The van der Waals surface area contributed by atoms with E-state index in [4.69, 9.17) is 4.52 Å². The van der Waals surface area contributed by atoms with E-state index < -0.39 is 0 Å². The average molecular weight is 350 g/mol. The second kappa shape index (κ2) is 6.88. The Balaban J connectivity index is 1.65. The van der Waals surface area contributed by atoms with E-state index in [0.717, 1.165) is 42.9 Å². The Morgan fingerprint density at radius 2 is 2.15 bits per heavy atom. The van der Waals surface area contributed by atoms with Crippen LogP contribution in [0, 0.1) is 6.92 Å². The molecule has 1 aliphatic carbocycles. The minimum absolute atomic E-state index is 0.161. The maximum Gasteiger partial charge on any atom is 0.259 e. The van der Waals surface area contributed by atoms with Crippen LogP contribution in [0.5, 0.6) is 0 Å². The van der Waals surface area contributed by atoms with Gasteiger partial charge in [-0.2, -0.15) is 0 Å². The second-order valence-electron chi connectivity index (χ2n) is 6.75. The first-order chi connectivity index (χ1) is 12.7. The molecule has 0 saturated heterocycles. The maximum absolute atomic E-state index is 13.0. The average Bonchev–Trinajstić information content (AvgIpc) is 3.43. The Morgan fingerprint density at radius 1 is 1.31 bits per heavy atom. The minimum atomic E-state index is -0.161. The smallest absolute Gasteiger partial charge is 0.259 e. The summed E-state index contributed by atoms with van der Waals surface area (Å²) in [4.78, 5) is 17.5. The molecule has 134 valence electrons. The number of pyridine rings is 1. The van der Waals surface area contributed by atoms with Crippen LogP contribution in [0.3, 0.4) is 0 Å². The highest BCUT2D eigenvalue weighted by Gasteiger charge is 2.28. The molecule has 0 aliphatic heterocycles. The predicted molar refractivity (Wildman–Crippen MR) is 100 cm³/mol. The van der Waals surface area contributed by atoms with Crippen molar-refractivity contribution in [1.82, 2.24) is 15.5 Å². The number of hydrogen-bond donors (Lipinski definition) is 2. The van der Waals surface area contributed by atoms with E-state index in [9.17, 15) is 4.79 Å². The Kier molecular flexibility index (Phi) is 4.42. The molecule has 1 fully saturated rings. The lowest BCUT2D eigenvalue weighted by molar-refractivity contribution is 0.102. The maximum atomic E-state index is 13.0. The molecule has 2 aromatic heterocycles. The molecule has 6 nitrogen and oxygen atoms in total. The van der Waals surface area contributed by atoms with Gasteiger partial charge in [-0.25, -0.2) is 4.98 Å². The Morgan fingerprint density at radius 3 is 2.92 bits per heavy atom. The lowest BCUT2D eigenvalue weighted by Crippen LogP contribution is -2.15. The van der Waals surface area contributed by atoms with E-state index >= 15 is 0 Å². The molecular formula is C20H22N4O2. The van der Waals surface area contributed by atoms with E-state index in [-0.39, 0.29) is 5.91 Å². The summed E-state index contributed by atoms with van der Waals surface area (Å²) in [6.07, 6.45) is 2.22. The van der Waals surface area contributed by atoms with Crippen molar-refractivity contribution in [1.29, 1.82) is 0 Å². The molecule has 2 N–H and O–H groups in total. The summed E-state index contributed by atoms with van der Waals surface area (Å²) in [5.41, 5.74) is 4.52. The number of aromatic nitrogens is 2. The van der Waals surface area contributed by atoms with Crippen LogP contribution in [0.15, 0.2) is 34.9 Å². The van der Waals surface area contributed by atoms with Gasteiger partial charge in [0.1, 0.15) is 0 Å². The van der Waals surface area contributed by atoms with E-state index in [1.807, 2.05) is 37.3 Å². The number of aryl methyl sites for hydroxylation is 1. The quantitative estimate of drug-likeness (QED) is 0.707. The highest BCUT2D eigenvalue weighted by atomic mass is 16.5. The van der Waals surface area contributed by atoms with Crippen molar-refractivity contribution in [3.63, 3.8) is 0 Å². The predicted octanol–water partition coefficient (Wildman–Crippen LogP) is 3.77. The number of rotatable bonds is 6. The summed E-state index contributed by atoms with van der Waals surface area (Å²) in [7, 11) is 0. The molecule has 4 rings (SSSR count). The molecule has 0 bridgehead atoms. The van der Waals surface area contributed by atoms with Crippen LogP contribution in [-0.2, 0) is 6.54 Å². The molecule has 1 aliphatic rings. The summed E-state index contributed by atoms with van der Waals surface area (Å²) >= 11 is 0. The van der Waals surface area contributed by atoms with Crippen molar-refractivity contribution < 1.29 is 9.32 Å². The van der Waals surface area contributed by atoms with E-state index in [1.165, 1.54) is 0 Å². The molecule has 26 heavy (non-hydrogen) atoms. The van der Waals surface area contributed by atoms with Crippen molar-refractivity contribution in [2.75, 3.05) is 11.9 Å². The van der Waals surface area contributed by atoms with E-state index in [2.05, 4.69) is 27.7 Å². The minimum Gasteiger partial charge on any atom is -0.336 e. The molecule has 0 spiro atoms. The van der Waals surface area contributed by atoms with Gasteiger partial charge in [0, 0.05) is 23.8 Å². The zero-order chi connectivity index (χ0) is 18.1. The number of anilines is 1. The van der Waals surface area contributed by atoms with Crippen molar-refractivity contribution in [3.05, 3.63) is 52.8 Å². The van der Waals surface area contributed by atoms with Gasteiger partial charge in [0.25, 0.3) is 11.6 Å². The zero-order valence-corrected chi connectivity index (χ0v) is 15.0. The number of carbonyl (C=O) groups excluding carboxylic acids is 1. The second-order valence-corrected chi connectivity index (χ2v) is 6.75. The highest BCUT2D eigenvalue weighted by Crippen LogP contribution is 2.40. The van der Waals surface area contributed by atoms with Crippen LogP contribution in [0.1, 0.15) is 53.0 Å². The fourth-order valence-electron chi connectivity index (χ4n) is 3.11. The van der Waals surface area contributed by atoms with E-state index in [0.29, 0.717) is 28.3 Å². The standard InChI is InChI=1S/C20H22N4O2/c1-3-21-11-13-5-4-6-15(9-13)22-19(25)16-10-17(14-7-8-14)23-20-18(16)12(2)24-26-20/h4-6,9-10,14,21H,3,7-8,11H2,1-2H3,(H,22,25). The van der Waals surface area contributed by atoms with Gasteiger partial charge in [0.05, 0.1) is 16.6 Å². The van der Waals surface area contributed by atoms with Crippen molar-refractivity contribution in [3.8, 4) is 0 Å². The third-order valence-electron chi connectivity index (χ3n) is 4.64. The fourth-order valence-corrected chi connectivity index (χ4v) is 3.11. The van der Waals surface area contributed by atoms with Crippen molar-refractivity contribution >= 4 is 22.7 Å². The molecule has 3 aromatic rings. The van der Waals surface area contributed by atoms with Crippen LogP contribution >= 0.6 is 0 Å². The van der Waals surface area contributed by atoms with Gasteiger partial charge in [0.15, 0.2) is 0 Å². The highest BCUT2D eigenvalue weighted by molar-refractivity contribution is 6.12. The monoisotopic (exact) mass is 350 g/mol. The number of amides is 1. The van der Waals surface area contributed by atoms with Crippen LogP contribution in [0.25, 0.3) is 11.1 Å². The van der Waals surface area contributed by atoms with Crippen LogP contribution in [0.4, 0.5) is 5.69 Å². The van der Waals surface area contributed by atoms with Crippen LogP contribution < -0.4 is 10.6 Å². The summed E-state index contributed by atoms with van der Waals surface area (Å²) in [6.45, 7) is 5.58. The first kappa shape index (κ1) is 16.7. The molecule has 0 radical (unpaired) electrons. The normalized spacial score (nSPS) is 13.9. The third kappa shape index (κ3) is 3.32. The summed E-state index contributed by atoms with van der Waals surface area (Å²) in [5, 5.41) is 11.0. The molecule has 0 atom stereocenters. The molecule has 2 heterocycles. The Hall–Kier alpha value is -2.73. The lowest BCUT2D eigenvalue weighted by atomic mass is 10.1. The number of fused-ring (bicyclic) bond motifs is 1. The number of carbonyl (C=O) groups is 1. The van der Waals surface area contributed by atoms with Gasteiger partial charge in [0.2, 0.25) is 0 Å². The summed E-state index contributed by atoms with van der Waals surface area (Å²) in [6, 6.07) is 9.76. The first-order valence-electron chi connectivity index (χ1n) is 9.03. The molecular weight excluding hydrogens is 328 g/mol. The first-order valence-corrected chi connectivity index (χ1v) is 9.03. The fraction of sp³-hybridized carbons (Fsp3) is 0.350. The SMILES string of the molecule is CCNCc1cccc(NC(=O)c2cc(C3CC3)nc3onc(C)c23)c1. The molecule has 6 heteroatoms. The molecule has 1 amide bonds. The van der Waals surface area contributed by atoms with Gasteiger partial charge in [-0.15, -0.1) is 0 Å².